The Hall–Kier alpha value is -2.10. The molecule has 1 aromatic rings. The maximum atomic E-state index is 11.9. The number of allylic oxidation sites excluding steroid dienone is 2. The third-order valence-electron chi connectivity index (χ3n) is 2.32. The molecule has 1 aromatic heterocycles. The molecule has 4 nitrogen and oxygen atoms in total. The summed E-state index contributed by atoms with van der Waals surface area (Å²) in [6.07, 6.45) is 1.60. The minimum absolute atomic E-state index is 0.139. The number of aromatic nitrogens is 1. The predicted molar refractivity (Wildman–Crippen MR) is 55.8 cm³/mol. The van der Waals surface area contributed by atoms with Gasteiger partial charge in [-0.25, -0.2) is 0 Å². The molecule has 0 amide bonds. The van der Waals surface area contributed by atoms with E-state index in [0.29, 0.717) is 16.8 Å². The van der Waals surface area contributed by atoms with E-state index < -0.39 is 0 Å². The number of nitrogens with zero attached hydrogens (tertiary/aromatic N) is 1. The molecule has 0 saturated heterocycles. The molecule has 2 rings (SSSR count). The number of rotatable bonds is 1. The number of pyridine rings is 1. The van der Waals surface area contributed by atoms with Gasteiger partial charge in [0.2, 0.25) is 5.78 Å². The molecule has 0 aliphatic heterocycles. The summed E-state index contributed by atoms with van der Waals surface area (Å²) in [5.74, 6) is -0.106. The molecule has 0 atom stereocenters. The zero-order chi connectivity index (χ0) is 11.0. The van der Waals surface area contributed by atoms with Crippen LogP contribution in [0, 0.1) is 0 Å². The van der Waals surface area contributed by atoms with E-state index >= 15 is 0 Å². The summed E-state index contributed by atoms with van der Waals surface area (Å²) >= 11 is 0. The number of hydrogen-bond donors (Lipinski definition) is 1. The van der Waals surface area contributed by atoms with Crippen molar-refractivity contribution in [3.05, 3.63) is 47.6 Å². The molecule has 0 bridgehead atoms. The van der Waals surface area contributed by atoms with E-state index in [0.717, 1.165) is 0 Å². The number of ether oxygens (including phenoxy) is 1. The Bertz CT molecular complexity index is 489. The molecule has 1 heterocycles. The summed E-state index contributed by atoms with van der Waals surface area (Å²) in [7, 11) is 1.41. The number of Topliss-reactive ketones (excluding diaryl/α,β-unsaturated/α-hetero) is 1. The van der Waals surface area contributed by atoms with E-state index in [2.05, 4.69) is 11.6 Å². The van der Waals surface area contributed by atoms with Gasteiger partial charge in [0.25, 0.3) is 0 Å². The largest absolute Gasteiger partial charge is 0.491 e. The van der Waals surface area contributed by atoms with Crippen molar-refractivity contribution in [2.24, 2.45) is 5.73 Å². The van der Waals surface area contributed by atoms with Crippen molar-refractivity contribution in [1.82, 2.24) is 4.98 Å². The normalized spacial score (nSPS) is 15.3. The molecule has 0 unspecified atom stereocenters. The Labute approximate surface area is 87.1 Å². The lowest BCUT2D eigenvalue weighted by atomic mass is 9.94. The zero-order valence-electron chi connectivity index (χ0n) is 8.28. The Morgan fingerprint density at radius 3 is 2.93 bits per heavy atom. The third kappa shape index (κ3) is 1.22. The summed E-state index contributed by atoms with van der Waals surface area (Å²) in [6, 6.07) is 3.38. The van der Waals surface area contributed by atoms with E-state index in [9.17, 15) is 4.79 Å². The van der Waals surface area contributed by atoms with Crippen LogP contribution in [0.3, 0.4) is 0 Å². The molecular formula is C11H10N2O2. The molecule has 1 aliphatic carbocycles. The standard InChI is InChI=1S/C11H10N2O2/c1-6-8(12)11(15-2)10(14)7-4-3-5-13-9(6)7/h3-5H,1,12H2,2H3. The van der Waals surface area contributed by atoms with E-state index in [1.807, 2.05) is 0 Å². The smallest absolute Gasteiger partial charge is 0.231 e. The molecule has 4 heteroatoms. The van der Waals surface area contributed by atoms with Crippen molar-refractivity contribution in [2.75, 3.05) is 7.11 Å². The van der Waals surface area contributed by atoms with Crippen molar-refractivity contribution in [2.45, 2.75) is 0 Å². The van der Waals surface area contributed by atoms with Crippen molar-refractivity contribution in [3.8, 4) is 0 Å². The lowest BCUT2D eigenvalue weighted by Crippen LogP contribution is -2.21. The van der Waals surface area contributed by atoms with Crippen LogP contribution in [0.2, 0.25) is 0 Å². The highest BCUT2D eigenvalue weighted by atomic mass is 16.5. The maximum Gasteiger partial charge on any atom is 0.231 e. The van der Waals surface area contributed by atoms with Crippen molar-refractivity contribution in [1.29, 1.82) is 0 Å². The summed E-state index contributed by atoms with van der Waals surface area (Å²) in [5.41, 5.74) is 7.53. The zero-order valence-corrected chi connectivity index (χ0v) is 8.28. The summed E-state index contributed by atoms with van der Waals surface area (Å²) in [5, 5.41) is 0. The molecule has 15 heavy (non-hydrogen) atoms. The highest BCUT2D eigenvalue weighted by Crippen LogP contribution is 2.29. The lowest BCUT2D eigenvalue weighted by molar-refractivity contribution is 0.0948. The second kappa shape index (κ2) is 3.24. The van der Waals surface area contributed by atoms with Crippen LogP contribution >= 0.6 is 0 Å². The number of nitrogens with two attached hydrogens (primary N) is 1. The topological polar surface area (TPSA) is 65.2 Å². The Morgan fingerprint density at radius 2 is 2.27 bits per heavy atom. The quantitative estimate of drug-likeness (QED) is 0.740. The highest BCUT2D eigenvalue weighted by molar-refractivity contribution is 6.15. The van der Waals surface area contributed by atoms with Crippen LogP contribution in [0.25, 0.3) is 5.57 Å². The van der Waals surface area contributed by atoms with Gasteiger partial charge in [0.15, 0.2) is 5.76 Å². The molecule has 76 valence electrons. The Balaban J connectivity index is 2.68. The Morgan fingerprint density at radius 1 is 1.53 bits per heavy atom. The van der Waals surface area contributed by atoms with E-state index in [4.69, 9.17) is 10.5 Å². The van der Waals surface area contributed by atoms with Gasteiger partial charge in [0.05, 0.1) is 24.1 Å². The van der Waals surface area contributed by atoms with Crippen molar-refractivity contribution in [3.63, 3.8) is 0 Å². The second-order valence-corrected chi connectivity index (χ2v) is 3.15. The SMILES string of the molecule is C=C1C(N)=C(OC)C(=O)c2cccnc21. The first-order valence-electron chi connectivity index (χ1n) is 4.40. The number of methoxy groups -OCH3 is 1. The Kier molecular flexibility index (Phi) is 2.04. The van der Waals surface area contributed by atoms with Crippen molar-refractivity contribution >= 4 is 11.4 Å². The minimum atomic E-state index is -0.245. The van der Waals surface area contributed by atoms with Gasteiger partial charge in [-0.15, -0.1) is 0 Å². The van der Waals surface area contributed by atoms with Gasteiger partial charge in [-0.05, 0) is 12.1 Å². The number of carbonyl (C=O) groups is 1. The molecule has 0 radical (unpaired) electrons. The highest BCUT2D eigenvalue weighted by Gasteiger charge is 2.28. The van der Waals surface area contributed by atoms with E-state index in [-0.39, 0.29) is 17.2 Å². The van der Waals surface area contributed by atoms with Crippen molar-refractivity contribution < 1.29 is 9.53 Å². The summed E-state index contributed by atoms with van der Waals surface area (Å²) in [6.45, 7) is 3.79. The number of fused-ring (bicyclic) bond motifs is 1. The molecule has 0 spiro atoms. The van der Waals surface area contributed by atoms with Crippen LogP contribution in [0.15, 0.2) is 36.4 Å². The van der Waals surface area contributed by atoms with Gasteiger partial charge in [-0.2, -0.15) is 0 Å². The maximum absolute atomic E-state index is 11.9. The van der Waals surface area contributed by atoms with Gasteiger partial charge < -0.3 is 10.5 Å². The van der Waals surface area contributed by atoms with E-state index in [1.165, 1.54) is 7.11 Å². The van der Waals surface area contributed by atoms with Crippen LogP contribution in [0.4, 0.5) is 0 Å². The van der Waals surface area contributed by atoms with Gasteiger partial charge in [-0.1, -0.05) is 6.58 Å². The van der Waals surface area contributed by atoms with Crippen LogP contribution in [-0.2, 0) is 4.74 Å². The first-order valence-corrected chi connectivity index (χ1v) is 4.40. The fourth-order valence-electron chi connectivity index (χ4n) is 1.54. The average molecular weight is 202 g/mol. The average Bonchev–Trinajstić information content (AvgIpc) is 2.27. The third-order valence-corrected chi connectivity index (χ3v) is 2.32. The van der Waals surface area contributed by atoms with Crippen LogP contribution in [0.5, 0.6) is 0 Å². The molecule has 0 aromatic carbocycles. The van der Waals surface area contributed by atoms with Crippen LogP contribution < -0.4 is 5.73 Å². The molecular weight excluding hydrogens is 192 g/mol. The fraction of sp³-hybridized carbons (Fsp3) is 0.0909. The molecule has 2 N–H and O–H groups in total. The minimum Gasteiger partial charge on any atom is -0.491 e. The first kappa shape index (κ1) is 9.45. The first-order chi connectivity index (χ1) is 7.16. The van der Waals surface area contributed by atoms with Crippen LogP contribution in [-0.4, -0.2) is 17.9 Å². The summed E-state index contributed by atoms with van der Waals surface area (Å²) in [4.78, 5) is 15.9. The van der Waals surface area contributed by atoms with E-state index in [1.54, 1.807) is 18.3 Å². The van der Waals surface area contributed by atoms with Gasteiger partial charge >= 0.3 is 0 Å². The fourth-order valence-corrected chi connectivity index (χ4v) is 1.54. The number of ketones is 1. The summed E-state index contributed by atoms with van der Waals surface area (Å²) < 4.78 is 4.96. The van der Waals surface area contributed by atoms with Gasteiger partial charge in [0.1, 0.15) is 0 Å². The van der Waals surface area contributed by atoms with Gasteiger partial charge in [0, 0.05) is 11.8 Å². The molecule has 0 fully saturated rings. The predicted octanol–water partition coefficient (Wildman–Crippen LogP) is 1.11. The van der Waals surface area contributed by atoms with Crippen LogP contribution in [0.1, 0.15) is 16.1 Å². The number of hydrogen-bond acceptors (Lipinski definition) is 4. The van der Waals surface area contributed by atoms with Gasteiger partial charge in [-0.3, -0.25) is 9.78 Å². The monoisotopic (exact) mass is 202 g/mol. The second-order valence-electron chi connectivity index (χ2n) is 3.15. The molecule has 1 aliphatic rings. The molecule has 0 saturated carbocycles. The number of carbonyl (C=O) groups excluding carboxylic acids is 1. The lowest BCUT2D eigenvalue weighted by Gasteiger charge is -2.19.